The van der Waals surface area contributed by atoms with Crippen LogP contribution in [-0.2, 0) is 0 Å². The van der Waals surface area contributed by atoms with E-state index < -0.39 is 5.88 Å². The molecule has 0 fully saturated rings. The van der Waals surface area contributed by atoms with Crippen molar-refractivity contribution in [3.05, 3.63) is 45.9 Å². The molecule has 0 bridgehead atoms. The number of hydrogen-bond acceptors (Lipinski definition) is 4. The van der Waals surface area contributed by atoms with E-state index in [-0.39, 0.29) is 4.74 Å². The lowest BCUT2D eigenvalue weighted by atomic mass is 10.2. The average Bonchev–Trinajstić information content (AvgIpc) is 2.18. The maximum Gasteiger partial charge on any atom is 0.235 e. The smallest absolute Gasteiger partial charge is 0.235 e. The first-order chi connectivity index (χ1) is 6.75. The second-order valence-electron chi connectivity index (χ2n) is 2.69. The van der Waals surface area contributed by atoms with Gasteiger partial charge in [0.1, 0.15) is 5.01 Å². The molecular weight excluding hydrogens is 198 g/mol. The molecule has 70 valence electrons. The summed E-state index contributed by atoms with van der Waals surface area (Å²) in [7, 11) is 0. The van der Waals surface area contributed by atoms with Gasteiger partial charge in [-0.05, 0) is 5.88 Å². The van der Waals surface area contributed by atoms with E-state index >= 15 is 0 Å². The van der Waals surface area contributed by atoms with Gasteiger partial charge in [0.25, 0.3) is 0 Å². The lowest BCUT2D eigenvalue weighted by molar-refractivity contribution is -0.274. The molecule has 2 rings (SSSR count). The summed E-state index contributed by atoms with van der Waals surface area (Å²) in [5.41, 5.74) is 0.798. The fourth-order valence-corrected chi connectivity index (χ4v) is 1.82. The minimum atomic E-state index is -0.479. The second-order valence-corrected chi connectivity index (χ2v) is 3.68. The Hall–Kier alpha value is -1.68. The van der Waals surface area contributed by atoms with Crippen LogP contribution in [0.4, 0.5) is 0 Å². The molecule has 0 aliphatic heterocycles. The molecule has 0 radical (unpaired) electrons. The van der Waals surface area contributed by atoms with Gasteiger partial charge >= 0.3 is 0 Å². The van der Waals surface area contributed by atoms with E-state index in [4.69, 9.17) is 0 Å². The largest absolute Gasteiger partial charge is 0.858 e. The van der Waals surface area contributed by atoms with Crippen molar-refractivity contribution in [2.45, 2.75) is 0 Å². The molecule has 0 N–H and O–H groups in total. The molecule has 0 spiro atoms. The van der Waals surface area contributed by atoms with Gasteiger partial charge in [0, 0.05) is 11.6 Å². The van der Waals surface area contributed by atoms with Crippen molar-refractivity contribution in [3.8, 4) is 16.5 Å². The van der Waals surface area contributed by atoms with E-state index in [0.29, 0.717) is 5.01 Å². The van der Waals surface area contributed by atoms with Gasteiger partial charge < -0.3 is 5.11 Å². The number of nitrogens with zero attached hydrogens (tertiary/aromatic N) is 1. The van der Waals surface area contributed by atoms with Gasteiger partial charge in [0.2, 0.25) is 4.74 Å². The molecule has 4 heteroatoms. The third kappa shape index (κ3) is 1.80. The summed E-state index contributed by atoms with van der Waals surface area (Å²) < 4.78 is -0.260. The van der Waals surface area contributed by atoms with Crippen LogP contribution in [0.15, 0.2) is 41.2 Å². The van der Waals surface area contributed by atoms with Gasteiger partial charge in [-0.15, -0.1) is 0 Å². The highest BCUT2D eigenvalue weighted by Crippen LogP contribution is 2.19. The summed E-state index contributed by atoms with van der Waals surface area (Å²) in [6.07, 6.45) is 0. The Morgan fingerprint density at radius 2 is 1.93 bits per heavy atom. The van der Waals surface area contributed by atoms with Crippen LogP contribution in [0.3, 0.4) is 0 Å². The van der Waals surface area contributed by atoms with Crippen molar-refractivity contribution in [1.82, 2.24) is 4.98 Å². The minimum Gasteiger partial charge on any atom is -0.858 e. The third-order valence-corrected chi connectivity index (χ3v) is 2.51. The summed E-state index contributed by atoms with van der Waals surface area (Å²) in [5, 5.41) is 11.5. The van der Waals surface area contributed by atoms with Gasteiger partial charge in [-0.2, -0.15) is 0 Å². The third-order valence-electron chi connectivity index (χ3n) is 1.67. The molecule has 1 aromatic heterocycles. The Bertz CT molecular complexity index is 493. The first-order valence-electron chi connectivity index (χ1n) is 4.00. The quantitative estimate of drug-likeness (QED) is 0.702. The van der Waals surface area contributed by atoms with Crippen molar-refractivity contribution in [2.75, 3.05) is 0 Å². The Labute approximate surface area is 84.3 Å². The van der Waals surface area contributed by atoms with Crippen molar-refractivity contribution in [1.29, 1.82) is 0 Å². The van der Waals surface area contributed by atoms with E-state index in [1.165, 1.54) is 0 Å². The van der Waals surface area contributed by atoms with Crippen LogP contribution in [0.1, 0.15) is 0 Å². The lowest BCUT2D eigenvalue weighted by Crippen LogP contribution is -2.01. The topological polar surface area (TPSA) is 53.0 Å². The van der Waals surface area contributed by atoms with Crippen LogP contribution < -0.4 is 9.85 Å². The van der Waals surface area contributed by atoms with Gasteiger partial charge in [0.15, 0.2) is 0 Å². The molecular formula is C10H6NO2S-. The molecule has 0 amide bonds. The SMILES string of the molecule is O=c1cc([O-])nc(-c2ccccc2)s1. The predicted molar refractivity (Wildman–Crippen MR) is 53.3 cm³/mol. The van der Waals surface area contributed by atoms with Crippen LogP contribution >= 0.6 is 11.3 Å². The number of hydrogen-bond donors (Lipinski definition) is 0. The Kier molecular flexibility index (Phi) is 2.28. The molecule has 1 heterocycles. The van der Waals surface area contributed by atoms with Crippen LogP contribution in [-0.4, -0.2) is 4.98 Å². The molecule has 14 heavy (non-hydrogen) atoms. The van der Waals surface area contributed by atoms with Gasteiger partial charge in [-0.1, -0.05) is 41.7 Å². The highest BCUT2D eigenvalue weighted by molar-refractivity contribution is 7.12. The van der Waals surface area contributed by atoms with Gasteiger partial charge in [0.05, 0.1) is 0 Å². The van der Waals surface area contributed by atoms with Crippen LogP contribution in [0.2, 0.25) is 0 Å². The Morgan fingerprint density at radius 1 is 1.21 bits per heavy atom. The van der Waals surface area contributed by atoms with Crippen LogP contribution in [0.5, 0.6) is 5.88 Å². The van der Waals surface area contributed by atoms with Crippen molar-refractivity contribution in [3.63, 3.8) is 0 Å². The second kappa shape index (κ2) is 3.59. The summed E-state index contributed by atoms with van der Waals surface area (Å²) in [6.45, 7) is 0. The van der Waals surface area contributed by atoms with E-state index in [1.54, 1.807) is 0 Å². The Morgan fingerprint density at radius 3 is 2.57 bits per heavy atom. The molecule has 3 nitrogen and oxygen atoms in total. The van der Waals surface area contributed by atoms with Gasteiger partial charge in [-0.3, -0.25) is 9.78 Å². The highest BCUT2D eigenvalue weighted by Gasteiger charge is 1.99. The monoisotopic (exact) mass is 204 g/mol. The van der Waals surface area contributed by atoms with E-state index in [9.17, 15) is 9.90 Å². The normalized spacial score (nSPS) is 10.0. The van der Waals surface area contributed by atoms with Crippen molar-refractivity contribution < 1.29 is 5.11 Å². The molecule has 0 saturated carbocycles. The molecule has 1 aromatic carbocycles. The first kappa shape index (κ1) is 8.90. The van der Waals surface area contributed by atoms with E-state index in [0.717, 1.165) is 23.0 Å². The summed E-state index contributed by atoms with van der Waals surface area (Å²) >= 11 is 0.978. The number of aromatic nitrogens is 1. The first-order valence-corrected chi connectivity index (χ1v) is 4.82. The molecule has 0 aliphatic carbocycles. The molecule has 0 aliphatic rings. The van der Waals surface area contributed by atoms with E-state index in [2.05, 4.69) is 4.98 Å². The summed E-state index contributed by atoms with van der Waals surface area (Å²) in [6, 6.07) is 10.2. The maximum atomic E-state index is 11.1. The average molecular weight is 204 g/mol. The summed E-state index contributed by atoms with van der Waals surface area (Å²) in [4.78, 5) is 14.8. The molecule has 0 atom stereocenters. The summed E-state index contributed by atoms with van der Waals surface area (Å²) in [5.74, 6) is -0.479. The van der Waals surface area contributed by atoms with Gasteiger partial charge in [-0.25, -0.2) is 0 Å². The highest BCUT2D eigenvalue weighted by atomic mass is 32.1. The number of rotatable bonds is 1. The van der Waals surface area contributed by atoms with E-state index in [1.807, 2.05) is 30.3 Å². The van der Waals surface area contributed by atoms with Crippen LogP contribution in [0.25, 0.3) is 10.6 Å². The molecule has 0 unspecified atom stereocenters. The lowest BCUT2D eigenvalue weighted by Gasteiger charge is -2.04. The standard InChI is InChI=1S/C10H7NO2S/c12-8-6-9(13)14-10(11-8)7-4-2-1-3-5-7/h1-6,12H/p-1. The van der Waals surface area contributed by atoms with Crippen molar-refractivity contribution >= 4 is 11.3 Å². The fourth-order valence-electron chi connectivity index (χ4n) is 1.08. The Balaban J connectivity index is 2.58. The molecule has 0 saturated heterocycles. The minimum absolute atomic E-state index is 0.260. The zero-order chi connectivity index (χ0) is 9.97. The maximum absolute atomic E-state index is 11.1. The fraction of sp³-hybridized carbons (Fsp3) is 0. The molecule has 2 aromatic rings. The predicted octanol–water partition coefficient (Wildman–Crippen LogP) is 1.24. The zero-order valence-electron chi connectivity index (χ0n) is 7.14. The number of benzene rings is 1. The van der Waals surface area contributed by atoms with Crippen LogP contribution in [0, 0.1) is 0 Å². The van der Waals surface area contributed by atoms with Crippen molar-refractivity contribution in [2.24, 2.45) is 0 Å². The zero-order valence-corrected chi connectivity index (χ0v) is 7.95.